The van der Waals surface area contributed by atoms with Crippen LogP contribution in [0, 0.1) is 0 Å². The summed E-state index contributed by atoms with van der Waals surface area (Å²) in [6, 6.07) is 10.9. The average Bonchev–Trinajstić information content (AvgIpc) is 2.95. The molecule has 0 bridgehead atoms. The summed E-state index contributed by atoms with van der Waals surface area (Å²) in [6.07, 6.45) is 2.12. The second-order valence-corrected chi connectivity index (χ2v) is 5.75. The number of rotatable bonds is 7. The van der Waals surface area contributed by atoms with E-state index in [-0.39, 0.29) is 6.04 Å². The molecule has 108 valence electrons. The molecule has 1 N–H and O–H groups in total. The molecule has 0 saturated carbocycles. The summed E-state index contributed by atoms with van der Waals surface area (Å²) in [7, 11) is 2.02. The zero-order chi connectivity index (χ0) is 14.4. The summed E-state index contributed by atoms with van der Waals surface area (Å²) in [5.74, 6) is 0.951. The Morgan fingerprint density at radius 2 is 1.90 bits per heavy atom. The summed E-state index contributed by atoms with van der Waals surface area (Å²) in [4.78, 5) is 1.41. The fraction of sp³-hybridized carbons (Fsp3) is 0.412. The molecule has 0 saturated heterocycles. The van der Waals surface area contributed by atoms with E-state index in [0.717, 1.165) is 25.2 Å². The summed E-state index contributed by atoms with van der Waals surface area (Å²) in [5.41, 5.74) is 2.72. The first kappa shape index (κ1) is 15.1. The van der Waals surface area contributed by atoms with Crippen LogP contribution in [0.1, 0.15) is 42.3 Å². The molecule has 0 aliphatic heterocycles. The Labute approximate surface area is 125 Å². The first-order valence-corrected chi connectivity index (χ1v) is 8.14. The molecule has 1 unspecified atom stereocenters. The van der Waals surface area contributed by atoms with Gasteiger partial charge in [0.1, 0.15) is 5.75 Å². The van der Waals surface area contributed by atoms with E-state index in [1.807, 2.05) is 18.4 Å². The van der Waals surface area contributed by atoms with E-state index in [1.165, 1.54) is 16.0 Å². The van der Waals surface area contributed by atoms with Gasteiger partial charge >= 0.3 is 0 Å². The average molecular weight is 289 g/mol. The second kappa shape index (κ2) is 7.46. The predicted octanol–water partition coefficient (Wildman–Crippen LogP) is 4.41. The van der Waals surface area contributed by atoms with Crippen molar-refractivity contribution in [2.24, 2.45) is 0 Å². The van der Waals surface area contributed by atoms with Gasteiger partial charge < -0.3 is 10.1 Å². The minimum atomic E-state index is 0.269. The van der Waals surface area contributed by atoms with Crippen LogP contribution in [0.5, 0.6) is 5.75 Å². The number of hydrogen-bond acceptors (Lipinski definition) is 3. The quantitative estimate of drug-likeness (QED) is 0.815. The first-order chi connectivity index (χ1) is 9.80. The molecule has 20 heavy (non-hydrogen) atoms. The lowest BCUT2D eigenvalue weighted by atomic mass is 10.0. The Kier molecular flexibility index (Phi) is 5.62. The first-order valence-electron chi connectivity index (χ1n) is 7.26. The largest absolute Gasteiger partial charge is 0.494 e. The SMILES string of the molecule is CCCOc1ccc(C(NC)c2sccc2CC)cc1. The minimum absolute atomic E-state index is 0.269. The molecular formula is C17H23NOS. The molecule has 1 heterocycles. The number of aryl methyl sites for hydroxylation is 1. The van der Waals surface area contributed by atoms with Crippen LogP contribution >= 0.6 is 11.3 Å². The zero-order valence-corrected chi connectivity index (χ0v) is 13.3. The highest BCUT2D eigenvalue weighted by Gasteiger charge is 2.16. The van der Waals surface area contributed by atoms with Crippen molar-refractivity contribution >= 4 is 11.3 Å². The van der Waals surface area contributed by atoms with E-state index in [2.05, 4.69) is 54.9 Å². The van der Waals surface area contributed by atoms with Crippen molar-refractivity contribution in [2.45, 2.75) is 32.7 Å². The molecule has 2 nitrogen and oxygen atoms in total. The van der Waals surface area contributed by atoms with E-state index >= 15 is 0 Å². The normalized spacial score (nSPS) is 12.3. The number of ether oxygens (including phenoxy) is 1. The number of hydrogen-bond donors (Lipinski definition) is 1. The van der Waals surface area contributed by atoms with Gasteiger partial charge in [-0.2, -0.15) is 0 Å². The van der Waals surface area contributed by atoms with Crippen molar-refractivity contribution in [1.29, 1.82) is 0 Å². The highest BCUT2D eigenvalue weighted by atomic mass is 32.1. The Morgan fingerprint density at radius 3 is 2.50 bits per heavy atom. The van der Waals surface area contributed by atoms with Crippen LogP contribution in [0.4, 0.5) is 0 Å². The summed E-state index contributed by atoms with van der Waals surface area (Å²) in [6.45, 7) is 5.11. The molecule has 0 fully saturated rings. The molecule has 2 rings (SSSR count). The van der Waals surface area contributed by atoms with Crippen LogP contribution in [0.2, 0.25) is 0 Å². The van der Waals surface area contributed by atoms with Crippen LogP contribution in [-0.4, -0.2) is 13.7 Å². The molecular weight excluding hydrogens is 266 g/mol. The Balaban J connectivity index is 2.19. The fourth-order valence-electron chi connectivity index (χ4n) is 2.32. The molecule has 1 aromatic carbocycles. The topological polar surface area (TPSA) is 21.3 Å². The van der Waals surface area contributed by atoms with Crippen molar-refractivity contribution in [2.75, 3.05) is 13.7 Å². The van der Waals surface area contributed by atoms with Crippen molar-refractivity contribution < 1.29 is 4.74 Å². The maximum absolute atomic E-state index is 5.64. The molecule has 0 aliphatic rings. The molecule has 0 amide bonds. The number of nitrogens with one attached hydrogen (secondary N) is 1. The highest BCUT2D eigenvalue weighted by molar-refractivity contribution is 7.10. The lowest BCUT2D eigenvalue weighted by Gasteiger charge is -2.17. The van der Waals surface area contributed by atoms with Gasteiger partial charge in [0.2, 0.25) is 0 Å². The molecule has 0 radical (unpaired) electrons. The Morgan fingerprint density at radius 1 is 1.15 bits per heavy atom. The fourth-order valence-corrected chi connectivity index (χ4v) is 3.45. The summed E-state index contributed by atoms with van der Waals surface area (Å²) >= 11 is 1.83. The van der Waals surface area contributed by atoms with E-state index < -0.39 is 0 Å². The molecule has 0 aliphatic carbocycles. The van der Waals surface area contributed by atoms with Gasteiger partial charge in [-0.05, 0) is 54.6 Å². The second-order valence-electron chi connectivity index (χ2n) is 4.80. The monoisotopic (exact) mass is 289 g/mol. The van der Waals surface area contributed by atoms with Crippen LogP contribution < -0.4 is 10.1 Å². The molecule has 3 heteroatoms. The van der Waals surface area contributed by atoms with Crippen LogP contribution in [0.25, 0.3) is 0 Å². The van der Waals surface area contributed by atoms with Gasteiger partial charge in [-0.25, -0.2) is 0 Å². The van der Waals surface area contributed by atoms with Crippen molar-refractivity contribution in [3.8, 4) is 5.75 Å². The van der Waals surface area contributed by atoms with E-state index in [0.29, 0.717) is 0 Å². The summed E-state index contributed by atoms with van der Waals surface area (Å²) in [5, 5.41) is 5.61. The van der Waals surface area contributed by atoms with Crippen LogP contribution in [0.3, 0.4) is 0 Å². The third-order valence-electron chi connectivity index (χ3n) is 3.40. The predicted molar refractivity (Wildman–Crippen MR) is 86.8 cm³/mol. The van der Waals surface area contributed by atoms with Crippen molar-refractivity contribution in [1.82, 2.24) is 5.32 Å². The van der Waals surface area contributed by atoms with E-state index in [1.54, 1.807) is 0 Å². The smallest absolute Gasteiger partial charge is 0.119 e. The number of thiophene rings is 1. The number of benzene rings is 1. The molecule has 1 atom stereocenters. The third-order valence-corrected chi connectivity index (χ3v) is 4.42. The van der Waals surface area contributed by atoms with Crippen molar-refractivity contribution in [3.05, 3.63) is 51.7 Å². The lowest BCUT2D eigenvalue weighted by Crippen LogP contribution is -2.17. The van der Waals surface area contributed by atoms with E-state index in [4.69, 9.17) is 4.74 Å². The minimum Gasteiger partial charge on any atom is -0.494 e. The third kappa shape index (κ3) is 3.41. The molecule has 2 aromatic rings. The van der Waals surface area contributed by atoms with Gasteiger partial charge in [-0.3, -0.25) is 0 Å². The lowest BCUT2D eigenvalue weighted by molar-refractivity contribution is 0.317. The summed E-state index contributed by atoms with van der Waals surface area (Å²) < 4.78 is 5.64. The van der Waals surface area contributed by atoms with Crippen LogP contribution in [0.15, 0.2) is 35.7 Å². The maximum Gasteiger partial charge on any atom is 0.119 e. The van der Waals surface area contributed by atoms with Gasteiger partial charge in [-0.15, -0.1) is 11.3 Å². The van der Waals surface area contributed by atoms with Gasteiger partial charge in [-0.1, -0.05) is 26.0 Å². The van der Waals surface area contributed by atoms with Gasteiger partial charge in [0.15, 0.2) is 0 Å². The van der Waals surface area contributed by atoms with Gasteiger partial charge in [0.05, 0.1) is 12.6 Å². The maximum atomic E-state index is 5.64. The van der Waals surface area contributed by atoms with Crippen molar-refractivity contribution in [3.63, 3.8) is 0 Å². The van der Waals surface area contributed by atoms with Gasteiger partial charge in [0, 0.05) is 4.88 Å². The molecule has 1 aromatic heterocycles. The van der Waals surface area contributed by atoms with Crippen LogP contribution in [-0.2, 0) is 6.42 Å². The van der Waals surface area contributed by atoms with Gasteiger partial charge in [0.25, 0.3) is 0 Å². The Hall–Kier alpha value is -1.32. The Bertz CT molecular complexity index is 518. The standard InChI is InChI=1S/C17H23NOS/c1-4-11-19-15-8-6-14(7-9-15)16(18-3)17-13(5-2)10-12-20-17/h6-10,12,16,18H,4-5,11H2,1-3H3. The molecule has 0 spiro atoms. The highest BCUT2D eigenvalue weighted by Crippen LogP contribution is 2.30. The van der Waals surface area contributed by atoms with E-state index in [9.17, 15) is 0 Å². The zero-order valence-electron chi connectivity index (χ0n) is 12.5.